The lowest BCUT2D eigenvalue weighted by molar-refractivity contribution is 0.281. The Morgan fingerprint density at radius 2 is 2.19 bits per heavy atom. The lowest BCUT2D eigenvalue weighted by Gasteiger charge is -2.20. The average Bonchev–Trinajstić information content (AvgIpc) is 3.13. The molecule has 0 aliphatic carbocycles. The third-order valence-electron chi connectivity index (χ3n) is 3.89. The third kappa shape index (κ3) is 3.86. The van der Waals surface area contributed by atoms with Crippen molar-refractivity contribution in [2.45, 2.75) is 32.0 Å². The van der Waals surface area contributed by atoms with Gasteiger partial charge in [-0.1, -0.05) is 30.3 Å². The van der Waals surface area contributed by atoms with E-state index in [0.717, 1.165) is 32.0 Å². The zero-order valence-electron chi connectivity index (χ0n) is 12.4. The standard InChI is InChI=1S/C15H22N6/c1-20(11-14-8-5-9-16-14)12-15-17-18-19-21(15)10-13-6-3-2-4-7-13/h2-4,6-7,14,16H,5,8-12H2,1H3. The molecule has 0 amide bonds. The first-order chi connectivity index (χ1) is 10.3. The van der Waals surface area contributed by atoms with Gasteiger partial charge in [-0.2, -0.15) is 0 Å². The van der Waals surface area contributed by atoms with Crippen LogP contribution in [0.1, 0.15) is 24.2 Å². The Morgan fingerprint density at radius 3 is 2.95 bits per heavy atom. The zero-order chi connectivity index (χ0) is 14.5. The fourth-order valence-electron chi connectivity index (χ4n) is 2.81. The predicted octanol–water partition coefficient (Wildman–Crippen LogP) is 0.905. The molecule has 2 heterocycles. The van der Waals surface area contributed by atoms with Crippen molar-refractivity contribution in [2.24, 2.45) is 0 Å². The number of aromatic nitrogens is 4. The average molecular weight is 286 g/mol. The second-order valence-electron chi connectivity index (χ2n) is 5.73. The summed E-state index contributed by atoms with van der Waals surface area (Å²) >= 11 is 0. The molecule has 1 aromatic carbocycles. The number of nitrogens with one attached hydrogen (secondary N) is 1. The second kappa shape index (κ2) is 6.78. The van der Waals surface area contributed by atoms with Gasteiger partial charge in [-0.3, -0.25) is 4.90 Å². The smallest absolute Gasteiger partial charge is 0.165 e. The van der Waals surface area contributed by atoms with Gasteiger partial charge in [-0.25, -0.2) is 4.68 Å². The minimum atomic E-state index is 0.605. The van der Waals surface area contributed by atoms with Gasteiger partial charge in [0, 0.05) is 12.6 Å². The largest absolute Gasteiger partial charge is 0.313 e. The van der Waals surface area contributed by atoms with E-state index in [1.807, 2.05) is 22.9 Å². The van der Waals surface area contributed by atoms with E-state index in [2.05, 4.69) is 44.9 Å². The van der Waals surface area contributed by atoms with Crippen LogP contribution in [0.4, 0.5) is 0 Å². The highest BCUT2D eigenvalue weighted by Gasteiger charge is 2.17. The number of rotatable bonds is 6. The van der Waals surface area contributed by atoms with Crippen LogP contribution in [-0.2, 0) is 13.1 Å². The first-order valence-corrected chi connectivity index (χ1v) is 7.52. The number of hydrogen-bond acceptors (Lipinski definition) is 5. The highest BCUT2D eigenvalue weighted by Crippen LogP contribution is 2.08. The molecular formula is C15H22N6. The Hall–Kier alpha value is -1.79. The zero-order valence-corrected chi connectivity index (χ0v) is 12.4. The monoisotopic (exact) mass is 286 g/mol. The van der Waals surface area contributed by atoms with E-state index >= 15 is 0 Å². The van der Waals surface area contributed by atoms with Crippen LogP contribution in [0, 0.1) is 0 Å². The molecule has 1 aromatic heterocycles. The van der Waals surface area contributed by atoms with Gasteiger partial charge in [-0.15, -0.1) is 5.10 Å². The SMILES string of the molecule is CN(Cc1nnnn1Cc1ccccc1)CC1CCCN1. The summed E-state index contributed by atoms with van der Waals surface area (Å²) in [5.41, 5.74) is 1.21. The normalized spacial score (nSPS) is 18.5. The summed E-state index contributed by atoms with van der Waals surface area (Å²) in [6, 6.07) is 10.9. The highest BCUT2D eigenvalue weighted by molar-refractivity contribution is 5.14. The van der Waals surface area contributed by atoms with Crippen LogP contribution in [0.5, 0.6) is 0 Å². The van der Waals surface area contributed by atoms with Crippen LogP contribution in [-0.4, -0.2) is 51.3 Å². The maximum atomic E-state index is 4.17. The third-order valence-corrected chi connectivity index (χ3v) is 3.89. The van der Waals surface area contributed by atoms with Gasteiger partial charge < -0.3 is 5.32 Å². The minimum Gasteiger partial charge on any atom is -0.313 e. The lowest BCUT2D eigenvalue weighted by atomic mass is 10.2. The maximum absolute atomic E-state index is 4.17. The van der Waals surface area contributed by atoms with Gasteiger partial charge in [0.1, 0.15) is 0 Å². The maximum Gasteiger partial charge on any atom is 0.165 e. The van der Waals surface area contributed by atoms with Crippen molar-refractivity contribution in [3.8, 4) is 0 Å². The molecule has 21 heavy (non-hydrogen) atoms. The van der Waals surface area contributed by atoms with E-state index in [1.54, 1.807) is 0 Å². The molecule has 112 valence electrons. The molecule has 1 atom stereocenters. The number of nitrogens with zero attached hydrogens (tertiary/aromatic N) is 5. The summed E-state index contributed by atoms with van der Waals surface area (Å²) < 4.78 is 1.88. The minimum absolute atomic E-state index is 0.605. The molecule has 0 radical (unpaired) electrons. The number of tetrazole rings is 1. The van der Waals surface area contributed by atoms with Crippen molar-refractivity contribution in [3.63, 3.8) is 0 Å². The molecule has 2 aromatic rings. The summed E-state index contributed by atoms with van der Waals surface area (Å²) in [7, 11) is 2.13. The topological polar surface area (TPSA) is 58.9 Å². The summed E-state index contributed by atoms with van der Waals surface area (Å²) in [6.07, 6.45) is 2.55. The first kappa shape index (κ1) is 14.2. The van der Waals surface area contributed by atoms with Crippen molar-refractivity contribution in [2.75, 3.05) is 20.1 Å². The molecule has 0 bridgehead atoms. The summed E-state index contributed by atoms with van der Waals surface area (Å²) in [6.45, 7) is 3.68. The molecule has 1 saturated heterocycles. The molecule has 3 rings (SSSR count). The van der Waals surface area contributed by atoms with Crippen molar-refractivity contribution in [1.82, 2.24) is 30.4 Å². The molecule has 1 fully saturated rings. The lowest BCUT2D eigenvalue weighted by Crippen LogP contribution is -2.35. The molecule has 0 saturated carbocycles. The molecule has 1 N–H and O–H groups in total. The molecule has 1 unspecified atom stereocenters. The second-order valence-corrected chi connectivity index (χ2v) is 5.73. The van der Waals surface area contributed by atoms with Crippen LogP contribution in [0.2, 0.25) is 0 Å². The number of benzene rings is 1. The van der Waals surface area contributed by atoms with Crippen LogP contribution in [0.3, 0.4) is 0 Å². The molecule has 0 spiro atoms. The Labute approximate surface area is 125 Å². The van der Waals surface area contributed by atoms with Gasteiger partial charge in [0.25, 0.3) is 0 Å². The summed E-state index contributed by atoms with van der Waals surface area (Å²) in [5, 5.41) is 15.6. The van der Waals surface area contributed by atoms with Crippen LogP contribution in [0.25, 0.3) is 0 Å². The van der Waals surface area contributed by atoms with Crippen molar-refractivity contribution >= 4 is 0 Å². The Morgan fingerprint density at radius 1 is 1.33 bits per heavy atom. The number of likely N-dealkylation sites (N-methyl/N-ethyl adjacent to an activating group) is 1. The van der Waals surface area contributed by atoms with Crippen molar-refractivity contribution < 1.29 is 0 Å². The van der Waals surface area contributed by atoms with Crippen LogP contribution < -0.4 is 5.32 Å². The highest BCUT2D eigenvalue weighted by atomic mass is 15.5. The van der Waals surface area contributed by atoms with Crippen molar-refractivity contribution in [1.29, 1.82) is 0 Å². The molecular weight excluding hydrogens is 264 g/mol. The van der Waals surface area contributed by atoms with Crippen LogP contribution in [0.15, 0.2) is 30.3 Å². The Bertz CT molecular complexity index is 546. The van der Waals surface area contributed by atoms with E-state index in [9.17, 15) is 0 Å². The van der Waals surface area contributed by atoms with E-state index in [4.69, 9.17) is 0 Å². The van der Waals surface area contributed by atoms with E-state index in [0.29, 0.717) is 6.04 Å². The molecule has 1 aliphatic rings. The van der Waals surface area contributed by atoms with Crippen LogP contribution >= 0.6 is 0 Å². The number of hydrogen-bond donors (Lipinski definition) is 1. The van der Waals surface area contributed by atoms with Gasteiger partial charge in [0.05, 0.1) is 13.1 Å². The van der Waals surface area contributed by atoms with Crippen molar-refractivity contribution in [3.05, 3.63) is 41.7 Å². The van der Waals surface area contributed by atoms with E-state index in [1.165, 1.54) is 18.4 Å². The van der Waals surface area contributed by atoms with Gasteiger partial charge in [-0.05, 0) is 42.4 Å². The Kier molecular flexibility index (Phi) is 4.57. The Balaban J connectivity index is 1.59. The van der Waals surface area contributed by atoms with Gasteiger partial charge >= 0.3 is 0 Å². The molecule has 6 heteroatoms. The summed E-state index contributed by atoms with van der Waals surface area (Å²) in [4.78, 5) is 2.29. The quantitative estimate of drug-likeness (QED) is 0.855. The van der Waals surface area contributed by atoms with Gasteiger partial charge in [0.2, 0.25) is 0 Å². The van der Waals surface area contributed by atoms with E-state index < -0.39 is 0 Å². The molecule has 1 aliphatic heterocycles. The molecule has 6 nitrogen and oxygen atoms in total. The first-order valence-electron chi connectivity index (χ1n) is 7.52. The summed E-state index contributed by atoms with van der Waals surface area (Å²) in [5.74, 6) is 0.916. The van der Waals surface area contributed by atoms with E-state index in [-0.39, 0.29) is 0 Å². The fraction of sp³-hybridized carbons (Fsp3) is 0.533. The predicted molar refractivity (Wildman–Crippen MR) is 80.7 cm³/mol. The van der Waals surface area contributed by atoms with Gasteiger partial charge in [0.15, 0.2) is 5.82 Å². The fourth-order valence-corrected chi connectivity index (χ4v) is 2.81.